The van der Waals surface area contributed by atoms with E-state index in [0.29, 0.717) is 5.56 Å². The Hall–Kier alpha value is -1.84. The van der Waals surface area contributed by atoms with Crippen molar-refractivity contribution < 1.29 is 14.7 Å². The van der Waals surface area contributed by atoms with Crippen molar-refractivity contribution in [2.75, 3.05) is 0 Å². The van der Waals surface area contributed by atoms with Gasteiger partial charge in [0.25, 0.3) is 0 Å². The largest absolute Gasteiger partial charge is 0.456 e. The van der Waals surface area contributed by atoms with E-state index in [9.17, 15) is 4.79 Å². The van der Waals surface area contributed by atoms with Gasteiger partial charge in [-0.1, -0.05) is 11.2 Å². The molecule has 0 radical (unpaired) electrons. The zero-order chi connectivity index (χ0) is 13.1. The van der Waals surface area contributed by atoms with Gasteiger partial charge in [-0.15, -0.1) is 0 Å². The van der Waals surface area contributed by atoms with Crippen LogP contribution in [-0.4, -0.2) is 23.0 Å². The number of carbonyl (C=O) groups excluding carboxylic acids is 1. The summed E-state index contributed by atoms with van der Waals surface area (Å²) in [5.41, 5.74) is 1.54. The number of aryl methyl sites for hydroxylation is 1. The minimum atomic E-state index is -0.505. The van der Waals surface area contributed by atoms with Crippen LogP contribution in [0.1, 0.15) is 42.3 Å². The quantitative estimate of drug-likeness (QED) is 0.371. The molecule has 1 N–H and O–H groups in total. The Balaban J connectivity index is 2.96. The zero-order valence-electron chi connectivity index (χ0n) is 10.5. The highest BCUT2D eigenvalue weighted by Crippen LogP contribution is 2.16. The Kier molecular flexibility index (Phi) is 3.89. The van der Waals surface area contributed by atoms with Crippen LogP contribution in [-0.2, 0) is 4.74 Å². The second kappa shape index (κ2) is 4.99. The smallest absolute Gasteiger partial charge is 0.338 e. The van der Waals surface area contributed by atoms with Gasteiger partial charge in [-0.05, 0) is 51.0 Å². The van der Waals surface area contributed by atoms with Crippen LogP contribution in [0.25, 0.3) is 0 Å². The second-order valence-corrected chi connectivity index (χ2v) is 4.82. The van der Waals surface area contributed by atoms with Crippen LogP contribution in [0, 0.1) is 6.92 Å². The lowest BCUT2D eigenvalue weighted by atomic mass is 10.1. The molecule has 0 aromatic heterocycles. The fourth-order valence-corrected chi connectivity index (χ4v) is 1.40. The first kappa shape index (κ1) is 13.2. The fraction of sp³-hybridized carbons (Fsp3) is 0.385. The van der Waals surface area contributed by atoms with E-state index >= 15 is 0 Å². The minimum absolute atomic E-state index is 0.345. The molecule has 0 spiro atoms. The molecule has 0 fully saturated rings. The van der Waals surface area contributed by atoms with Crippen molar-refractivity contribution in [3.05, 3.63) is 34.9 Å². The van der Waals surface area contributed by atoms with Crippen LogP contribution in [0.15, 0.2) is 23.4 Å². The number of benzene rings is 1. The van der Waals surface area contributed by atoms with Crippen LogP contribution in [0.3, 0.4) is 0 Å². The number of nitrogens with zero attached hydrogens (tertiary/aromatic N) is 1. The standard InChI is InChI=1S/C13H17NO3/c1-9-7-10(8-14-16)5-6-11(9)12(15)17-13(2,3)4/h5-8,16H,1-4H3/b14-8+. The third-order valence-corrected chi connectivity index (χ3v) is 2.08. The molecule has 1 aromatic carbocycles. The van der Waals surface area contributed by atoms with Gasteiger partial charge in [0.15, 0.2) is 0 Å². The minimum Gasteiger partial charge on any atom is -0.456 e. The average Bonchev–Trinajstić information content (AvgIpc) is 2.15. The molecule has 0 saturated heterocycles. The van der Waals surface area contributed by atoms with Crippen molar-refractivity contribution >= 4 is 12.2 Å². The summed E-state index contributed by atoms with van der Waals surface area (Å²) < 4.78 is 5.28. The average molecular weight is 235 g/mol. The van der Waals surface area contributed by atoms with Crippen LogP contribution in [0.4, 0.5) is 0 Å². The Morgan fingerprint density at radius 1 is 1.41 bits per heavy atom. The molecule has 0 saturated carbocycles. The van der Waals surface area contributed by atoms with Gasteiger partial charge in [-0.3, -0.25) is 0 Å². The maximum atomic E-state index is 11.8. The van der Waals surface area contributed by atoms with Gasteiger partial charge in [-0.25, -0.2) is 4.79 Å². The predicted molar refractivity (Wildman–Crippen MR) is 65.7 cm³/mol. The molecule has 0 aliphatic carbocycles. The first-order valence-corrected chi connectivity index (χ1v) is 5.35. The summed E-state index contributed by atoms with van der Waals surface area (Å²) in [6.07, 6.45) is 1.31. The lowest BCUT2D eigenvalue weighted by Gasteiger charge is -2.20. The Labute approximate surface area is 101 Å². The van der Waals surface area contributed by atoms with Crippen molar-refractivity contribution in [2.45, 2.75) is 33.3 Å². The zero-order valence-corrected chi connectivity index (χ0v) is 10.5. The SMILES string of the molecule is Cc1cc(/C=N/O)ccc1C(=O)OC(C)(C)C. The molecule has 4 nitrogen and oxygen atoms in total. The first-order valence-electron chi connectivity index (χ1n) is 5.35. The fourth-order valence-electron chi connectivity index (χ4n) is 1.40. The van der Waals surface area contributed by atoms with E-state index < -0.39 is 5.60 Å². The summed E-state index contributed by atoms with van der Waals surface area (Å²) >= 11 is 0. The molecular weight excluding hydrogens is 218 g/mol. The van der Waals surface area contributed by atoms with Gasteiger partial charge in [0.05, 0.1) is 11.8 Å². The molecule has 0 bridgehead atoms. The molecule has 17 heavy (non-hydrogen) atoms. The van der Waals surface area contributed by atoms with E-state index in [2.05, 4.69) is 5.16 Å². The maximum Gasteiger partial charge on any atom is 0.338 e. The molecule has 1 rings (SSSR count). The number of esters is 1. The van der Waals surface area contributed by atoms with Gasteiger partial charge >= 0.3 is 5.97 Å². The van der Waals surface area contributed by atoms with Gasteiger partial charge in [0.2, 0.25) is 0 Å². The summed E-state index contributed by atoms with van der Waals surface area (Å²) in [5, 5.41) is 11.4. The number of ether oxygens (including phenoxy) is 1. The van der Waals surface area contributed by atoms with Gasteiger partial charge in [-0.2, -0.15) is 0 Å². The van der Waals surface area contributed by atoms with Crippen molar-refractivity contribution in [3.8, 4) is 0 Å². The lowest BCUT2D eigenvalue weighted by molar-refractivity contribution is 0.00688. The van der Waals surface area contributed by atoms with E-state index in [0.717, 1.165) is 11.1 Å². The first-order chi connectivity index (χ1) is 7.83. The van der Waals surface area contributed by atoms with Crippen molar-refractivity contribution in [3.63, 3.8) is 0 Å². The second-order valence-electron chi connectivity index (χ2n) is 4.82. The number of carbonyl (C=O) groups is 1. The molecule has 92 valence electrons. The van der Waals surface area contributed by atoms with Crippen molar-refractivity contribution in [1.29, 1.82) is 0 Å². The Bertz CT molecular complexity index is 444. The highest BCUT2D eigenvalue weighted by molar-refractivity contribution is 5.92. The van der Waals surface area contributed by atoms with Gasteiger partial charge < -0.3 is 9.94 Å². The molecule has 1 aromatic rings. The number of hydrogen-bond donors (Lipinski definition) is 1. The number of oxime groups is 1. The number of hydrogen-bond acceptors (Lipinski definition) is 4. The Morgan fingerprint density at radius 3 is 2.53 bits per heavy atom. The summed E-state index contributed by atoms with van der Waals surface area (Å²) in [7, 11) is 0. The van der Waals surface area contributed by atoms with Crippen molar-refractivity contribution in [1.82, 2.24) is 0 Å². The van der Waals surface area contributed by atoms with Crippen LogP contribution < -0.4 is 0 Å². The monoisotopic (exact) mass is 235 g/mol. The summed E-state index contributed by atoms with van der Waals surface area (Å²) in [6.45, 7) is 7.29. The molecule has 0 heterocycles. The van der Waals surface area contributed by atoms with E-state index in [1.165, 1.54) is 6.21 Å². The lowest BCUT2D eigenvalue weighted by Crippen LogP contribution is -2.24. The predicted octanol–water partition coefficient (Wildman–Crippen LogP) is 2.76. The third-order valence-electron chi connectivity index (χ3n) is 2.08. The summed E-state index contributed by atoms with van der Waals surface area (Å²) in [4.78, 5) is 11.8. The highest BCUT2D eigenvalue weighted by atomic mass is 16.6. The highest BCUT2D eigenvalue weighted by Gasteiger charge is 2.19. The van der Waals surface area contributed by atoms with Crippen LogP contribution in [0.2, 0.25) is 0 Å². The molecule has 0 unspecified atom stereocenters. The number of rotatable bonds is 2. The molecular formula is C13H17NO3. The van der Waals surface area contributed by atoms with Crippen LogP contribution in [0.5, 0.6) is 0 Å². The van der Waals surface area contributed by atoms with E-state index in [4.69, 9.17) is 9.94 Å². The third kappa shape index (κ3) is 3.90. The van der Waals surface area contributed by atoms with E-state index in [-0.39, 0.29) is 5.97 Å². The molecule has 0 atom stereocenters. The molecule has 0 aliphatic rings. The van der Waals surface area contributed by atoms with Crippen LogP contribution >= 0.6 is 0 Å². The van der Waals surface area contributed by atoms with Crippen molar-refractivity contribution in [2.24, 2.45) is 5.16 Å². The van der Waals surface area contributed by atoms with E-state index in [1.807, 2.05) is 27.7 Å². The maximum absolute atomic E-state index is 11.8. The topological polar surface area (TPSA) is 58.9 Å². The molecule has 0 amide bonds. The van der Waals surface area contributed by atoms with E-state index in [1.54, 1.807) is 18.2 Å². The normalized spacial score (nSPS) is 11.8. The summed E-state index contributed by atoms with van der Waals surface area (Å²) in [6, 6.07) is 5.13. The molecule has 0 aliphatic heterocycles. The molecule has 4 heteroatoms. The van der Waals surface area contributed by atoms with Gasteiger partial charge in [0.1, 0.15) is 5.60 Å². The summed E-state index contributed by atoms with van der Waals surface area (Å²) in [5.74, 6) is -0.345. The Morgan fingerprint density at radius 2 is 2.06 bits per heavy atom. The van der Waals surface area contributed by atoms with Gasteiger partial charge in [0, 0.05) is 0 Å².